The Hall–Kier alpha value is -1.09. The van der Waals surface area contributed by atoms with Crippen LogP contribution in [0.5, 0.6) is 5.75 Å². The van der Waals surface area contributed by atoms with Crippen molar-refractivity contribution in [2.75, 3.05) is 13.2 Å². The lowest BCUT2D eigenvalue weighted by atomic mass is 10.0. The van der Waals surface area contributed by atoms with Gasteiger partial charge in [-0.05, 0) is 55.5 Å². The van der Waals surface area contributed by atoms with E-state index in [1.54, 1.807) is 12.1 Å². The van der Waals surface area contributed by atoms with E-state index in [4.69, 9.17) is 10.5 Å². The summed E-state index contributed by atoms with van der Waals surface area (Å²) in [7, 11) is 0. The normalized spacial score (nSPS) is 17.5. The SMILES string of the molecule is NCC1(CCOc2ccc(F)cc2)CC1. The molecule has 1 aliphatic rings. The standard InChI is InChI=1S/C12H16FNO/c13-10-1-3-11(4-2-10)15-8-7-12(9-14)5-6-12/h1-4H,5-9,14H2. The van der Waals surface area contributed by atoms with Gasteiger partial charge in [0.15, 0.2) is 0 Å². The van der Waals surface area contributed by atoms with Crippen molar-refractivity contribution in [2.24, 2.45) is 11.1 Å². The molecule has 1 aromatic carbocycles. The summed E-state index contributed by atoms with van der Waals surface area (Å²) in [6, 6.07) is 6.12. The molecule has 15 heavy (non-hydrogen) atoms. The maximum absolute atomic E-state index is 12.6. The predicted molar refractivity (Wildman–Crippen MR) is 57.2 cm³/mol. The summed E-state index contributed by atoms with van der Waals surface area (Å²) in [4.78, 5) is 0. The van der Waals surface area contributed by atoms with Crippen LogP contribution < -0.4 is 10.5 Å². The summed E-state index contributed by atoms with van der Waals surface area (Å²) in [6.07, 6.45) is 3.44. The molecule has 0 aliphatic heterocycles. The van der Waals surface area contributed by atoms with E-state index < -0.39 is 0 Å². The molecule has 2 rings (SSSR count). The van der Waals surface area contributed by atoms with Crippen LogP contribution in [0.1, 0.15) is 19.3 Å². The van der Waals surface area contributed by atoms with E-state index in [1.165, 1.54) is 25.0 Å². The second-order valence-corrected chi connectivity index (χ2v) is 4.26. The van der Waals surface area contributed by atoms with Gasteiger partial charge in [0.2, 0.25) is 0 Å². The van der Waals surface area contributed by atoms with Gasteiger partial charge < -0.3 is 10.5 Å². The van der Waals surface area contributed by atoms with Gasteiger partial charge in [-0.3, -0.25) is 0 Å². The van der Waals surface area contributed by atoms with Crippen molar-refractivity contribution < 1.29 is 9.13 Å². The Kier molecular flexibility index (Phi) is 2.91. The maximum Gasteiger partial charge on any atom is 0.123 e. The zero-order valence-electron chi connectivity index (χ0n) is 8.71. The molecule has 2 N–H and O–H groups in total. The molecule has 1 aromatic rings. The van der Waals surface area contributed by atoms with Crippen molar-refractivity contribution in [3.63, 3.8) is 0 Å². The molecule has 2 nitrogen and oxygen atoms in total. The first-order chi connectivity index (χ1) is 7.24. The van der Waals surface area contributed by atoms with Gasteiger partial charge in [0.25, 0.3) is 0 Å². The fourth-order valence-corrected chi connectivity index (χ4v) is 1.65. The second kappa shape index (κ2) is 4.19. The summed E-state index contributed by atoms with van der Waals surface area (Å²) in [5.41, 5.74) is 6.01. The van der Waals surface area contributed by atoms with Gasteiger partial charge in [-0.15, -0.1) is 0 Å². The largest absolute Gasteiger partial charge is 0.494 e. The first-order valence-corrected chi connectivity index (χ1v) is 5.33. The lowest BCUT2D eigenvalue weighted by molar-refractivity contribution is 0.271. The first-order valence-electron chi connectivity index (χ1n) is 5.33. The average Bonchev–Trinajstić information content (AvgIpc) is 3.02. The number of rotatable bonds is 5. The van der Waals surface area contributed by atoms with Crippen LogP contribution in [0.25, 0.3) is 0 Å². The number of nitrogens with two attached hydrogens (primary N) is 1. The topological polar surface area (TPSA) is 35.2 Å². The van der Waals surface area contributed by atoms with Gasteiger partial charge in [0.1, 0.15) is 11.6 Å². The van der Waals surface area contributed by atoms with E-state index in [0.29, 0.717) is 12.0 Å². The van der Waals surface area contributed by atoms with Crippen molar-refractivity contribution in [2.45, 2.75) is 19.3 Å². The summed E-state index contributed by atoms with van der Waals surface area (Å²) in [5.74, 6) is 0.493. The lowest BCUT2D eigenvalue weighted by Crippen LogP contribution is -2.18. The highest BCUT2D eigenvalue weighted by Crippen LogP contribution is 2.47. The molecule has 1 saturated carbocycles. The van der Waals surface area contributed by atoms with Crippen LogP contribution in [-0.4, -0.2) is 13.2 Å². The molecule has 0 unspecified atom stereocenters. The van der Waals surface area contributed by atoms with E-state index in [-0.39, 0.29) is 5.82 Å². The summed E-state index contributed by atoms with van der Waals surface area (Å²) >= 11 is 0. The minimum atomic E-state index is -0.233. The average molecular weight is 209 g/mol. The highest BCUT2D eigenvalue weighted by molar-refractivity contribution is 5.22. The maximum atomic E-state index is 12.6. The van der Waals surface area contributed by atoms with Gasteiger partial charge in [-0.1, -0.05) is 0 Å². The van der Waals surface area contributed by atoms with Crippen molar-refractivity contribution in [3.8, 4) is 5.75 Å². The van der Waals surface area contributed by atoms with E-state index >= 15 is 0 Å². The van der Waals surface area contributed by atoms with Gasteiger partial charge >= 0.3 is 0 Å². The van der Waals surface area contributed by atoms with Crippen LogP contribution in [0.3, 0.4) is 0 Å². The summed E-state index contributed by atoms with van der Waals surface area (Å²) < 4.78 is 18.1. The molecule has 0 atom stereocenters. The molecular formula is C12H16FNO. The molecule has 82 valence electrons. The van der Waals surface area contributed by atoms with Crippen LogP contribution in [0.2, 0.25) is 0 Å². The third-order valence-electron chi connectivity index (χ3n) is 3.10. The van der Waals surface area contributed by atoms with Gasteiger partial charge in [0, 0.05) is 0 Å². The Balaban J connectivity index is 1.76. The van der Waals surface area contributed by atoms with E-state index in [0.717, 1.165) is 18.7 Å². The fourth-order valence-electron chi connectivity index (χ4n) is 1.65. The zero-order chi connectivity index (χ0) is 10.7. The smallest absolute Gasteiger partial charge is 0.123 e. The number of hydrogen-bond acceptors (Lipinski definition) is 2. The predicted octanol–water partition coefficient (Wildman–Crippen LogP) is 2.33. The zero-order valence-corrected chi connectivity index (χ0v) is 8.71. The Morgan fingerprint density at radius 3 is 2.47 bits per heavy atom. The Labute approximate surface area is 89.2 Å². The van der Waals surface area contributed by atoms with Gasteiger partial charge in [0.05, 0.1) is 6.61 Å². The second-order valence-electron chi connectivity index (χ2n) is 4.26. The summed E-state index contributed by atoms with van der Waals surface area (Å²) in [6.45, 7) is 1.42. The molecule has 0 spiro atoms. The molecular weight excluding hydrogens is 193 g/mol. The van der Waals surface area contributed by atoms with Gasteiger partial charge in [-0.25, -0.2) is 4.39 Å². The Bertz CT molecular complexity index is 319. The van der Waals surface area contributed by atoms with Gasteiger partial charge in [-0.2, -0.15) is 0 Å². The molecule has 0 radical (unpaired) electrons. The number of halogens is 1. The number of benzene rings is 1. The van der Waals surface area contributed by atoms with Crippen molar-refractivity contribution in [3.05, 3.63) is 30.1 Å². The minimum absolute atomic E-state index is 0.233. The van der Waals surface area contributed by atoms with Crippen molar-refractivity contribution in [1.82, 2.24) is 0 Å². The van der Waals surface area contributed by atoms with E-state index in [1.807, 2.05) is 0 Å². The van der Waals surface area contributed by atoms with Crippen molar-refractivity contribution >= 4 is 0 Å². The fraction of sp³-hybridized carbons (Fsp3) is 0.500. The van der Waals surface area contributed by atoms with E-state index in [9.17, 15) is 4.39 Å². The summed E-state index contributed by atoms with van der Waals surface area (Å²) in [5, 5.41) is 0. The van der Waals surface area contributed by atoms with Crippen LogP contribution in [0, 0.1) is 11.2 Å². The number of ether oxygens (including phenoxy) is 1. The molecule has 0 amide bonds. The minimum Gasteiger partial charge on any atom is -0.494 e. The first kappa shape index (κ1) is 10.4. The van der Waals surface area contributed by atoms with Crippen molar-refractivity contribution in [1.29, 1.82) is 0 Å². The number of hydrogen-bond donors (Lipinski definition) is 1. The molecule has 0 bridgehead atoms. The Morgan fingerprint density at radius 2 is 1.93 bits per heavy atom. The Morgan fingerprint density at radius 1 is 1.27 bits per heavy atom. The highest BCUT2D eigenvalue weighted by atomic mass is 19.1. The molecule has 1 fully saturated rings. The highest BCUT2D eigenvalue weighted by Gasteiger charge is 2.40. The molecule has 0 heterocycles. The van der Waals surface area contributed by atoms with E-state index in [2.05, 4.69) is 0 Å². The molecule has 1 aliphatic carbocycles. The van der Waals surface area contributed by atoms with Crippen LogP contribution in [-0.2, 0) is 0 Å². The lowest BCUT2D eigenvalue weighted by Gasteiger charge is -2.12. The molecule has 3 heteroatoms. The molecule has 0 aromatic heterocycles. The van der Waals surface area contributed by atoms with Crippen LogP contribution in [0.4, 0.5) is 4.39 Å². The van der Waals surface area contributed by atoms with Crippen LogP contribution in [0.15, 0.2) is 24.3 Å². The monoisotopic (exact) mass is 209 g/mol. The third-order valence-corrected chi connectivity index (χ3v) is 3.10. The van der Waals surface area contributed by atoms with Crippen LogP contribution >= 0.6 is 0 Å². The quantitative estimate of drug-likeness (QED) is 0.807. The third kappa shape index (κ3) is 2.69. The molecule has 0 saturated heterocycles.